The van der Waals surface area contributed by atoms with E-state index >= 15 is 0 Å². The number of rotatable bonds is 2. The van der Waals surface area contributed by atoms with Crippen LogP contribution in [-0.4, -0.2) is 19.8 Å². The molecule has 2 aliphatic rings. The fraction of sp³-hybridized carbons (Fsp3) is 0.533. The maximum Gasteiger partial charge on any atom is 0.129 e. The molecule has 3 nitrogen and oxygen atoms in total. The van der Waals surface area contributed by atoms with Gasteiger partial charge in [0.25, 0.3) is 0 Å². The molecule has 2 fully saturated rings. The number of nitriles is 1. The second kappa shape index (κ2) is 4.94. The monoisotopic (exact) mass is 293 g/mol. The normalized spacial score (nSPS) is 35.8. The first-order valence-electron chi connectivity index (χ1n) is 6.81. The highest BCUT2D eigenvalue weighted by molar-refractivity contribution is 7.86. The lowest BCUT2D eigenvalue weighted by atomic mass is 9.85. The third-order valence-electron chi connectivity index (χ3n) is 4.42. The van der Waals surface area contributed by atoms with E-state index in [0.29, 0.717) is 18.4 Å². The molecule has 2 heterocycles. The molecule has 0 saturated carbocycles. The van der Waals surface area contributed by atoms with E-state index in [2.05, 4.69) is 0 Å². The van der Waals surface area contributed by atoms with Gasteiger partial charge in [-0.3, -0.25) is 4.21 Å². The SMILES string of the molecule is N#CCc1ccc(C2(O)CC3CCC(C2)S3=O)c(F)c1. The zero-order valence-electron chi connectivity index (χ0n) is 11.0. The van der Waals surface area contributed by atoms with Gasteiger partial charge in [0.2, 0.25) is 0 Å². The molecule has 0 radical (unpaired) electrons. The first-order valence-corrected chi connectivity index (χ1v) is 8.09. The van der Waals surface area contributed by atoms with Gasteiger partial charge in [-0.2, -0.15) is 5.26 Å². The van der Waals surface area contributed by atoms with Gasteiger partial charge >= 0.3 is 0 Å². The predicted molar refractivity (Wildman–Crippen MR) is 73.8 cm³/mol. The van der Waals surface area contributed by atoms with E-state index < -0.39 is 22.2 Å². The Morgan fingerprint density at radius 3 is 2.60 bits per heavy atom. The van der Waals surface area contributed by atoms with Gasteiger partial charge in [-0.25, -0.2) is 4.39 Å². The third kappa shape index (κ3) is 2.17. The standard InChI is InChI=1S/C15H16FNO2S/c16-14-7-10(5-6-17)1-4-13(14)15(18)8-11-2-3-12(9-15)20(11)19/h1,4,7,11-12,18H,2-3,5,8-9H2. The highest BCUT2D eigenvalue weighted by Gasteiger charge is 2.49. The summed E-state index contributed by atoms with van der Waals surface area (Å²) in [5.74, 6) is -0.465. The summed E-state index contributed by atoms with van der Waals surface area (Å²) in [4.78, 5) is 0. The molecule has 0 amide bonds. The van der Waals surface area contributed by atoms with Crippen LogP contribution in [0.25, 0.3) is 0 Å². The Hall–Kier alpha value is -1.25. The smallest absolute Gasteiger partial charge is 0.129 e. The Kier molecular flexibility index (Phi) is 3.39. The Morgan fingerprint density at radius 1 is 1.40 bits per heavy atom. The van der Waals surface area contributed by atoms with Gasteiger partial charge in [0.1, 0.15) is 5.82 Å². The van der Waals surface area contributed by atoms with E-state index in [1.165, 1.54) is 6.07 Å². The van der Waals surface area contributed by atoms with Crippen molar-refractivity contribution in [3.8, 4) is 6.07 Å². The minimum Gasteiger partial charge on any atom is -0.385 e. The molecule has 0 spiro atoms. The topological polar surface area (TPSA) is 61.1 Å². The minimum atomic E-state index is -1.21. The molecule has 1 N–H and O–H groups in total. The van der Waals surface area contributed by atoms with Crippen LogP contribution in [0, 0.1) is 17.1 Å². The fourth-order valence-corrected chi connectivity index (χ4v) is 5.60. The molecule has 106 valence electrons. The molecule has 1 aromatic carbocycles. The molecule has 2 saturated heterocycles. The molecule has 0 aromatic heterocycles. The Bertz CT molecular complexity index is 594. The summed E-state index contributed by atoms with van der Waals surface area (Å²) < 4.78 is 26.2. The van der Waals surface area contributed by atoms with Crippen LogP contribution in [0.4, 0.5) is 4.39 Å². The third-order valence-corrected chi connectivity index (χ3v) is 6.54. The number of benzene rings is 1. The Labute approximate surface area is 119 Å². The summed E-state index contributed by atoms with van der Waals surface area (Å²) >= 11 is 0. The zero-order chi connectivity index (χ0) is 14.3. The second-order valence-electron chi connectivity index (χ2n) is 5.74. The molecule has 0 aliphatic carbocycles. The van der Waals surface area contributed by atoms with Gasteiger partial charge in [0, 0.05) is 26.9 Å². The van der Waals surface area contributed by atoms with Crippen molar-refractivity contribution in [3.05, 3.63) is 35.1 Å². The molecule has 2 aliphatic heterocycles. The predicted octanol–water partition coefficient (Wildman–Crippen LogP) is 2.15. The van der Waals surface area contributed by atoms with Crippen LogP contribution in [-0.2, 0) is 22.8 Å². The van der Waals surface area contributed by atoms with Gasteiger partial charge in [-0.15, -0.1) is 0 Å². The van der Waals surface area contributed by atoms with E-state index in [-0.39, 0.29) is 22.5 Å². The van der Waals surface area contributed by atoms with Crippen LogP contribution < -0.4 is 0 Å². The lowest BCUT2D eigenvalue weighted by Gasteiger charge is -2.36. The van der Waals surface area contributed by atoms with Crippen molar-refractivity contribution < 1.29 is 13.7 Å². The number of nitrogens with zero attached hydrogens (tertiary/aromatic N) is 1. The highest BCUT2D eigenvalue weighted by Crippen LogP contribution is 2.46. The van der Waals surface area contributed by atoms with E-state index in [1.807, 2.05) is 6.07 Å². The van der Waals surface area contributed by atoms with Crippen LogP contribution in [0.3, 0.4) is 0 Å². The summed E-state index contributed by atoms with van der Waals surface area (Å²) in [5.41, 5.74) is -0.317. The quantitative estimate of drug-likeness (QED) is 0.909. The average Bonchev–Trinajstić information content (AvgIpc) is 2.62. The summed E-state index contributed by atoms with van der Waals surface area (Å²) in [6.07, 6.45) is 2.60. The van der Waals surface area contributed by atoms with Crippen LogP contribution >= 0.6 is 0 Å². The van der Waals surface area contributed by atoms with Crippen LogP contribution in [0.2, 0.25) is 0 Å². The molecule has 5 heteroatoms. The van der Waals surface area contributed by atoms with Gasteiger partial charge in [-0.1, -0.05) is 12.1 Å². The van der Waals surface area contributed by atoms with Crippen molar-refractivity contribution in [2.75, 3.05) is 0 Å². The van der Waals surface area contributed by atoms with Gasteiger partial charge in [-0.05, 0) is 37.3 Å². The van der Waals surface area contributed by atoms with Gasteiger partial charge in [0.05, 0.1) is 18.1 Å². The lowest BCUT2D eigenvalue weighted by molar-refractivity contribution is 0.0151. The Balaban J connectivity index is 1.93. The molecular weight excluding hydrogens is 277 g/mol. The number of fused-ring (bicyclic) bond motifs is 2. The number of aliphatic hydroxyl groups is 1. The Morgan fingerprint density at radius 2 is 2.05 bits per heavy atom. The lowest BCUT2D eigenvalue weighted by Crippen LogP contribution is -2.40. The first kappa shape index (κ1) is 13.7. The van der Waals surface area contributed by atoms with Gasteiger partial charge in [0.15, 0.2) is 0 Å². The molecule has 1 aromatic rings. The van der Waals surface area contributed by atoms with Crippen LogP contribution in [0.15, 0.2) is 18.2 Å². The molecule has 2 bridgehead atoms. The summed E-state index contributed by atoms with van der Waals surface area (Å²) in [6, 6.07) is 6.57. The van der Waals surface area contributed by atoms with Gasteiger partial charge < -0.3 is 5.11 Å². The number of hydrogen-bond acceptors (Lipinski definition) is 3. The van der Waals surface area contributed by atoms with Crippen molar-refractivity contribution in [2.45, 2.75) is 48.2 Å². The summed E-state index contributed by atoms with van der Waals surface area (Å²) in [6.45, 7) is 0. The zero-order valence-corrected chi connectivity index (χ0v) is 11.8. The maximum atomic E-state index is 14.2. The van der Waals surface area contributed by atoms with E-state index in [4.69, 9.17) is 5.26 Å². The minimum absolute atomic E-state index is 0.0167. The van der Waals surface area contributed by atoms with E-state index in [9.17, 15) is 13.7 Å². The summed E-state index contributed by atoms with van der Waals surface area (Å²) in [7, 11) is -0.879. The molecular formula is C15H16FNO2S. The first-order chi connectivity index (χ1) is 9.53. The van der Waals surface area contributed by atoms with Crippen LogP contribution in [0.1, 0.15) is 36.8 Å². The van der Waals surface area contributed by atoms with E-state index in [0.717, 1.165) is 12.8 Å². The molecule has 20 heavy (non-hydrogen) atoms. The van der Waals surface area contributed by atoms with Crippen LogP contribution in [0.5, 0.6) is 0 Å². The molecule has 3 rings (SSSR count). The van der Waals surface area contributed by atoms with Crippen molar-refractivity contribution in [2.24, 2.45) is 0 Å². The van der Waals surface area contributed by atoms with Crippen molar-refractivity contribution >= 4 is 10.8 Å². The fourth-order valence-electron chi connectivity index (χ4n) is 3.44. The largest absolute Gasteiger partial charge is 0.385 e. The molecule has 2 atom stereocenters. The van der Waals surface area contributed by atoms with Crippen molar-refractivity contribution in [1.82, 2.24) is 0 Å². The van der Waals surface area contributed by atoms with Crippen molar-refractivity contribution in [3.63, 3.8) is 0 Å². The second-order valence-corrected chi connectivity index (χ2v) is 7.73. The number of halogens is 1. The number of hydrogen-bond donors (Lipinski definition) is 1. The average molecular weight is 293 g/mol. The molecule has 2 unspecified atom stereocenters. The van der Waals surface area contributed by atoms with E-state index in [1.54, 1.807) is 12.1 Å². The maximum absolute atomic E-state index is 14.2. The summed E-state index contributed by atoms with van der Waals surface area (Å²) in [5, 5.41) is 19.4. The highest BCUT2D eigenvalue weighted by atomic mass is 32.2. The van der Waals surface area contributed by atoms with Crippen molar-refractivity contribution in [1.29, 1.82) is 5.26 Å².